The Morgan fingerprint density at radius 1 is 0.935 bits per heavy atom. The van der Waals surface area contributed by atoms with Gasteiger partial charge in [-0.2, -0.15) is 0 Å². The third kappa shape index (κ3) is 7.07. The van der Waals surface area contributed by atoms with Gasteiger partial charge in [-0.25, -0.2) is 4.98 Å². The Labute approximate surface area is 269 Å². The van der Waals surface area contributed by atoms with E-state index in [2.05, 4.69) is 44.2 Å². The van der Waals surface area contributed by atoms with Crippen LogP contribution in [0, 0.1) is 0 Å². The third-order valence-corrected chi connectivity index (χ3v) is 8.68. The molecule has 0 bridgehead atoms. The number of hydrogen-bond acceptors (Lipinski definition) is 9. The molecule has 1 aliphatic heterocycles. The van der Waals surface area contributed by atoms with Crippen molar-refractivity contribution in [3.63, 3.8) is 0 Å². The first-order valence-corrected chi connectivity index (χ1v) is 16.2. The monoisotopic (exact) mass is 640 g/mol. The number of nitrogens with zero attached hydrogens (tertiary/aromatic N) is 2. The Balaban J connectivity index is 1.26. The van der Waals surface area contributed by atoms with Gasteiger partial charge in [0.15, 0.2) is 16.8 Å². The number of allylic oxidation sites excluding steroid dienone is 1. The molecule has 9 nitrogen and oxygen atoms in total. The number of rotatable bonds is 12. The first-order chi connectivity index (χ1) is 21.9. The summed E-state index contributed by atoms with van der Waals surface area (Å²) in [7, 11) is -2.88. The lowest BCUT2D eigenvalue weighted by molar-refractivity contribution is 0.347. The van der Waals surface area contributed by atoms with Gasteiger partial charge in [0.1, 0.15) is 28.5 Å². The van der Waals surface area contributed by atoms with Crippen LogP contribution in [0.2, 0.25) is 0 Å². The summed E-state index contributed by atoms with van der Waals surface area (Å²) in [5.41, 5.74) is 4.29. The molecule has 3 aromatic rings. The fraction of sp³-hybridized carbons (Fsp3) is 0.222. The van der Waals surface area contributed by atoms with Gasteiger partial charge in [0, 0.05) is 41.9 Å². The van der Waals surface area contributed by atoms with E-state index >= 15 is 0 Å². The number of ether oxygens (including phenoxy) is 1. The summed E-state index contributed by atoms with van der Waals surface area (Å²) in [6.07, 6.45) is 2.68. The van der Waals surface area contributed by atoms with Crippen molar-refractivity contribution in [2.45, 2.75) is 33.1 Å². The summed E-state index contributed by atoms with van der Waals surface area (Å²) < 4.78 is 46.6. The van der Waals surface area contributed by atoms with Gasteiger partial charge in [0.25, 0.3) is 0 Å². The first-order valence-electron chi connectivity index (χ1n) is 14.8. The smallest absolute Gasteiger partial charge is 0.497 e. The minimum atomic E-state index is -4.50. The third-order valence-electron chi connectivity index (χ3n) is 7.87. The van der Waals surface area contributed by atoms with E-state index in [4.69, 9.17) is 17.5 Å². The van der Waals surface area contributed by atoms with Crippen molar-refractivity contribution in [3.8, 4) is 23.0 Å². The van der Waals surface area contributed by atoms with Crippen LogP contribution in [0.3, 0.4) is 0 Å². The minimum absolute atomic E-state index is 0.0775. The molecule has 0 saturated heterocycles. The van der Waals surface area contributed by atoms with Gasteiger partial charge >= 0.3 is 10.4 Å². The molecule has 10 heteroatoms. The highest BCUT2D eigenvalue weighted by Gasteiger charge is 2.24. The number of aromatic nitrogens is 1. The summed E-state index contributed by atoms with van der Waals surface area (Å²) in [5, 5.41) is 0. The molecule has 238 valence electrons. The number of methoxy groups -OCH3 is 1. The van der Waals surface area contributed by atoms with E-state index in [1.165, 1.54) is 18.2 Å². The lowest BCUT2D eigenvalue weighted by Crippen LogP contribution is -2.21. The van der Waals surface area contributed by atoms with Crippen LogP contribution in [-0.4, -0.2) is 33.6 Å². The fourth-order valence-electron chi connectivity index (χ4n) is 5.15. The molecule has 5 rings (SSSR count). The summed E-state index contributed by atoms with van der Waals surface area (Å²) in [4.78, 5) is 19.7. The molecular formula is C36H36N2O7S. The predicted octanol–water partition coefficient (Wildman–Crippen LogP) is 7.34. The van der Waals surface area contributed by atoms with Crippen LogP contribution in [0.25, 0.3) is 28.6 Å². The number of fused-ring (bicyclic) bond motifs is 2. The van der Waals surface area contributed by atoms with Crippen molar-refractivity contribution < 1.29 is 25.9 Å². The molecule has 1 heterocycles. The standard InChI is InChI=1S/C36H36N2O7S/c1-7-38(8-2)28-15-20-31-34(22-28)43-35-23-33(39)25(21-32(35)37-31)10-9-24(3)44-46(40,41)45-30-18-13-27(14-19-30)36(4,5)26-11-16-29(42-6)17-12-26/h9-23H,3,7-8H2,1-2,4-6H3. The van der Waals surface area contributed by atoms with Crippen LogP contribution in [-0.2, 0) is 20.0 Å². The highest BCUT2D eigenvalue weighted by Crippen LogP contribution is 2.34. The van der Waals surface area contributed by atoms with E-state index in [0.717, 1.165) is 35.7 Å². The van der Waals surface area contributed by atoms with Crippen molar-refractivity contribution in [2.24, 2.45) is 0 Å². The molecule has 2 aliphatic rings. The molecule has 0 amide bonds. The van der Waals surface area contributed by atoms with Gasteiger partial charge in [0.2, 0.25) is 0 Å². The molecular weight excluding hydrogens is 604 g/mol. The van der Waals surface area contributed by atoms with Crippen molar-refractivity contribution in [1.29, 1.82) is 0 Å². The first kappa shape index (κ1) is 32.3. The number of hydrogen-bond donors (Lipinski definition) is 0. The maximum absolute atomic E-state index is 12.8. The van der Waals surface area contributed by atoms with Crippen LogP contribution in [0.1, 0.15) is 44.4 Å². The van der Waals surface area contributed by atoms with Crippen molar-refractivity contribution >= 4 is 33.3 Å². The zero-order chi connectivity index (χ0) is 33.1. The summed E-state index contributed by atoms with van der Waals surface area (Å²) in [6, 6.07) is 23.2. The Morgan fingerprint density at radius 2 is 1.57 bits per heavy atom. The summed E-state index contributed by atoms with van der Waals surface area (Å²) in [6.45, 7) is 13.6. The largest absolute Gasteiger partial charge is 0.500 e. The molecule has 46 heavy (non-hydrogen) atoms. The highest BCUT2D eigenvalue weighted by molar-refractivity contribution is 7.82. The van der Waals surface area contributed by atoms with Gasteiger partial charge in [-0.15, -0.1) is 8.42 Å². The maximum Gasteiger partial charge on any atom is 0.500 e. The van der Waals surface area contributed by atoms with Gasteiger partial charge in [-0.05, 0) is 79.6 Å². The van der Waals surface area contributed by atoms with E-state index in [1.807, 2.05) is 42.5 Å². The topological polar surface area (TPSA) is 108 Å². The second-order valence-corrected chi connectivity index (χ2v) is 12.3. The van der Waals surface area contributed by atoms with Crippen LogP contribution in [0.4, 0.5) is 5.69 Å². The predicted molar refractivity (Wildman–Crippen MR) is 181 cm³/mol. The maximum atomic E-state index is 12.8. The van der Waals surface area contributed by atoms with Crippen molar-refractivity contribution in [3.05, 3.63) is 124 Å². The zero-order valence-corrected chi connectivity index (χ0v) is 27.3. The Morgan fingerprint density at radius 3 is 2.17 bits per heavy atom. The van der Waals surface area contributed by atoms with Crippen LogP contribution < -0.4 is 19.2 Å². The average Bonchev–Trinajstić information content (AvgIpc) is 3.03. The average molecular weight is 641 g/mol. The SMILES string of the molecule is C=C(C=Cc1cc2nc3ccc(N(CC)CC)cc3oc-2cc1=O)OS(=O)(=O)Oc1ccc(C(C)(C)c2ccc(OC)cc2)cc1. The van der Waals surface area contributed by atoms with Gasteiger partial charge in [0.05, 0.1) is 7.11 Å². The molecule has 0 fully saturated rings. The number of anilines is 1. The van der Waals surface area contributed by atoms with Crippen molar-refractivity contribution in [2.75, 3.05) is 25.1 Å². The Bertz CT molecular complexity index is 2030. The Hall–Kier alpha value is -5.09. The molecule has 0 atom stereocenters. The molecule has 0 aromatic heterocycles. The molecule has 1 aliphatic carbocycles. The minimum Gasteiger partial charge on any atom is -0.497 e. The molecule has 0 radical (unpaired) electrons. The second kappa shape index (κ2) is 13.1. The van der Waals surface area contributed by atoms with Gasteiger partial charge in [-0.1, -0.05) is 44.7 Å². The number of benzene rings is 4. The fourth-order valence-corrected chi connectivity index (χ4v) is 5.85. The van der Waals surface area contributed by atoms with E-state index in [1.54, 1.807) is 37.4 Å². The highest BCUT2D eigenvalue weighted by atomic mass is 32.3. The zero-order valence-electron chi connectivity index (χ0n) is 26.4. The van der Waals surface area contributed by atoms with E-state index < -0.39 is 10.4 Å². The van der Waals surface area contributed by atoms with Gasteiger partial charge in [-0.3, -0.25) is 4.79 Å². The lowest BCUT2D eigenvalue weighted by Gasteiger charge is -2.26. The lowest BCUT2D eigenvalue weighted by atomic mass is 9.78. The summed E-state index contributed by atoms with van der Waals surface area (Å²) in [5.74, 6) is 0.947. The molecule has 0 unspecified atom stereocenters. The van der Waals surface area contributed by atoms with Crippen molar-refractivity contribution in [1.82, 2.24) is 4.98 Å². The molecule has 0 saturated carbocycles. The van der Waals surface area contributed by atoms with E-state index in [9.17, 15) is 13.2 Å². The summed E-state index contributed by atoms with van der Waals surface area (Å²) >= 11 is 0. The van der Waals surface area contributed by atoms with E-state index in [0.29, 0.717) is 22.6 Å². The molecule has 3 aromatic carbocycles. The molecule has 0 spiro atoms. The van der Waals surface area contributed by atoms with Crippen LogP contribution in [0.15, 0.2) is 106 Å². The Kier molecular flexibility index (Phi) is 9.20. The quantitative estimate of drug-likeness (QED) is 0.0786. The normalized spacial score (nSPS) is 12.0. The van der Waals surface area contributed by atoms with Gasteiger partial charge < -0.3 is 22.4 Å². The van der Waals surface area contributed by atoms with Crippen LogP contribution >= 0.6 is 0 Å². The van der Waals surface area contributed by atoms with E-state index in [-0.39, 0.29) is 27.9 Å². The second-order valence-electron chi connectivity index (χ2n) is 11.1. The molecule has 0 N–H and O–H groups in total. The van der Waals surface area contributed by atoms with Crippen LogP contribution in [0.5, 0.6) is 11.5 Å².